The molecule has 0 radical (unpaired) electrons. The van der Waals surface area contributed by atoms with Gasteiger partial charge in [0, 0.05) is 6.21 Å². The lowest BCUT2D eigenvalue weighted by Crippen LogP contribution is -2.33. The molecule has 0 atom stereocenters. The van der Waals surface area contributed by atoms with Crippen molar-refractivity contribution in [3.05, 3.63) is 42.0 Å². The lowest BCUT2D eigenvalue weighted by atomic mass is 10.2. The Bertz CT molecular complexity index is 448. The van der Waals surface area contributed by atoms with Gasteiger partial charge in [-0.25, -0.2) is 5.43 Å². The van der Waals surface area contributed by atoms with Crippen LogP contribution in [0.5, 0.6) is 0 Å². The third-order valence-electron chi connectivity index (χ3n) is 3.00. The van der Waals surface area contributed by atoms with E-state index in [0.29, 0.717) is 6.54 Å². The summed E-state index contributed by atoms with van der Waals surface area (Å²) in [7, 11) is 0. The second kappa shape index (κ2) is 7.48. The van der Waals surface area contributed by atoms with Crippen LogP contribution >= 0.6 is 0 Å². The zero-order chi connectivity index (χ0) is 13.3. The molecule has 1 N–H and O–H groups in total. The normalized spacial score (nSPS) is 16.4. The summed E-state index contributed by atoms with van der Waals surface area (Å²) < 4.78 is 0. The van der Waals surface area contributed by atoms with E-state index in [1.165, 1.54) is 12.8 Å². The first kappa shape index (κ1) is 13.5. The van der Waals surface area contributed by atoms with Gasteiger partial charge in [-0.3, -0.25) is 9.69 Å². The first-order valence-electron chi connectivity index (χ1n) is 6.60. The molecule has 4 heteroatoms. The van der Waals surface area contributed by atoms with Gasteiger partial charge in [-0.05, 0) is 37.6 Å². The summed E-state index contributed by atoms with van der Waals surface area (Å²) in [5.41, 5.74) is 3.64. The number of nitrogens with zero attached hydrogens (tertiary/aromatic N) is 2. The van der Waals surface area contributed by atoms with Crippen LogP contribution in [-0.2, 0) is 4.79 Å². The molecule has 1 aromatic rings. The summed E-state index contributed by atoms with van der Waals surface area (Å²) in [5.74, 6) is -0.0498. The molecular weight excluding hydrogens is 238 g/mol. The van der Waals surface area contributed by atoms with Crippen LogP contribution in [0.25, 0.3) is 6.08 Å². The Morgan fingerprint density at radius 1 is 1.26 bits per heavy atom. The Labute approximate surface area is 113 Å². The van der Waals surface area contributed by atoms with E-state index in [4.69, 9.17) is 0 Å². The fraction of sp³-hybridized carbons (Fsp3) is 0.333. The van der Waals surface area contributed by atoms with Crippen LogP contribution in [0.2, 0.25) is 0 Å². The molecule has 0 unspecified atom stereocenters. The van der Waals surface area contributed by atoms with E-state index in [1.54, 1.807) is 6.21 Å². The van der Waals surface area contributed by atoms with Gasteiger partial charge >= 0.3 is 0 Å². The maximum atomic E-state index is 11.5. The molecule has 1 saturated heterocycles. The third-order valence-corrected chi connectivity index (χ3v) is 3.00. The van der Waals surface area contributed by atoms with Gasteiger partial charge in [0.25, 0.3) is 5.91 Å². The highest BCUT2D eigenvalue weighted by Gasteiger charge is 2.14. The zero-order valence-electron chi connectivity index (χ0n) is 11.0. The van der Waals surface area contributed by atoms with Crippen LogP contribution < -0.4 is 5.43 Å². The summed E-state index contributed by atoms with van der Waals surface area (Å²) in [6.45, 7) is 2.48. The number of likely N-dealkylation sites (tertiary alicyclic amines) is 1. The van der Waals surface area contributed by atoms with E-state index in [0.717, 1.165) is 18.7 Å². The Morgan fingerprint density at radius 2 is 2.00 bits per heavy atom. The number of amides is 1. The largest absolute Gasteiger partial charge is 0.294 e. The predicted octanol–water partition coefficient (Wildman–Crippen LogP) is 1.90. The number of carbonyl (C=O) groups excluding carboxylic acids is 1. The van der Waals surface area contributed by atoms with E-state index in [9.17, 15) is 4.79 Å². The van der Waals surface area contributed by atoms with Crippen molar-refractivity contribution in [1.82, 2.24) is 10.3 Å². The summed E-state index contributed by atoms with van der Waals surface area (Å²) in [6.07, 6.45) is 7.73. The molecule has 1 aromatic carbocycles. The van der Waals surface area contributed by atoms with Gasteiger partial charge in [0.2, 0.25) is 0 Å². The van der Waals surface area contributed by atoms with Gasteiger partial charge in [0.05, 0.1) is 6.54 Å². The molecule has 1 heterocycles. The van der Waals surface area contributed by atoms with Crippen molar-refractivity contribution in [2.75, 3.05) is 19.6 Å². The summed E-state index contributed by atoms with van der Waals surface area (Å²) >= 11 is 0. The molecule has 19 heavy (non-hydrogen) atoms. The lowest BCUT2D eigenvalue weighted by Gasteiger charge is -2.11. The molecule has 2 rings (SSSR count). The van der Waals surface area contributed by atoms with Gasteiger partial charge in [0.15, 0.2) is 0 Å². The lowest BCUT2D eigenvalue weighted by molar-refractivity contribution is -0.121. The number of hydrazone groups is 1. The van der Waals surface area contributed by atoms with Crippen LogP contribution in [0.1, 0.15) is 18.4 Å². The number of hydrogen-bond acceptors (Lipinski definition) is 3. The molecule has 1 aliphatic rings. The van der Waals surface area contributed by atoms with E-state index < -0.39 is 0 Å². The van der Waals surface area contributed by atoms with Crippen molar-refractivity contribution in [1.29, 1.82) is 0 Å². The molecule has 1 amide bonds. The van der Waals surface area contributed by atoms with Gasteiger partial charge in [-0.2, -0.15) is 5.10 Å². The second-order valence-electron chi connectivity index (χ2n) is 4.57. The number of rotatable bonds is 5. The Balaban J connectivity index is 1.68. The second-order valence-corrected chi connectivity index (χ2v) is 4.57. The minimum absolute atomic E-state index is 0.0498. The minimum atomic E-state index is -0.0498. The van der Waals surface area contributed by atoms with Gasteiger partial charge in [-0.15, -0.1) is 0 Å². The van der Waals surface area contributed by atoms with Crippen LogP contribution in [-0.4, -0.2) is 36.7 Å². The highest BCUT2D eigenvalue weighted by molar-refractivity contribution is 5.82. The van der Waals surface area contributed by atoms with Crippen molar-refractivity contribution in [2.45, 2.75) is 12.8 Å². The molecular formula is C15H19N3O. The smallest absolute Gasteiger partial charge is 0.254 e. The van der Waals surface area contributed by atoms with Gasteiger partial charge < -0.3 is 0 Å². The standard InChI is InChI=1S/C15H19N3O/c19-15(13-18-11-4-5-12-18)17-16-10-6-9-14-7-2-1-3-8-14/h1-3,6-10H,4-5,11-13H2,(H,17,19)/b9-6+,16-10-. The van der Waals surface area contributed by atoms with Gasteiger partial charge in [0.1, 0.15) is 0 Å². The van der Waals surface area contributed by atoms with Crippen molar-refractivity contribution >= 4 is 18.2 Å². The molecule has 0 aromatic heterocycles. The minimum Gasteiger partial charge on any atom is -0.294 e. The monoisotopic (exact) mass is 257 g/mol. The molecule has 1 fully saturated rings. The highest BCUT2D eigenvalue weighted by atomic mass is 16.2. The van der Waals surface area contributed by atoms with E-state index >= 15 is 0 Å². The SMILES string of the molecule is O=C(CN1CCCC1)N/N=C\C=C\c1ccccc1. The first-order chi connectivity index (χ1) is 9.34. The average Bonchev–Trinajstić information content (AvgIpc) is 2.92. The van der Waals surface area contributed by atoms with E-state index in [2.05, 4.69) is 15.4 Å². The van der Waals surface area contributed by atoms with E-state index in [1.807, 2.05) is 42.5 Å². The van der Waals surface area contributed by atoms with Crippen molar-refractivity contribution in [2.24, 2.45) is 5.10 Å². The van der Waals surface area contributed by atoms with Crippen LogP contribution in [0.4, 0.5) is 0 Å². The quantitative estimate of drug-likeness (QED) is 0.647. The highest BCUT2D eigenvalue weighted by Crippen LogP contribution is 2.05. The summed E-state index contributed by atoms with van der Waals surface area (Å²) in [6, 6.07) is 9.96. The Hall–Kier alpha value is -1.94. The fourth-order valence-corrected chi connectivity index (χ4v) is 2.05. The number of nitrogens with one attached hydrogen (secondary N) is 1. The number of carbonyl (C=O) groups is 1. The van der Waals surface area contributed by atoms with Crippen LogP contribution in [0.3, 0.4) is 0 Å². The Kier molecular flexibility index (Phi) is 5.31. The van der Waals surface area contributed by atoms with Crippen LogP contribution in [0.15, 0.2) is 41.5 Å². The summed E-state index contributed by atoms with van der Waals surface area (Å²) in [4.78, 5) is 13.7. The van der Waals surface area contributed by atoms with Crippen molar-refractivity contribution in [3.63, 3.8) is 0 Å². The first-order valence-corrected chi connectivity index (χ1v) is 6.60. The topological polar surface area (TPSA) is 44.7 Å². The number of allylic oxidation sites excluding steroid dienone is 1. The third kappa shape index (κ3) is 5.06. The van der Waals surface area contributed by atoms with Crippen LogP contribution in [0, 0.1) is 0 Å². The zero-order valence-corrected chi connectivity index (χ0v) is 11.0. The molecule has 0 aliphatic carbocycles. The van der Waals surface area contributed by atoms with Crippen molar-refractivity contribution in [3.8, 4) is 0 Å². The molecule has 0 spiro atoms. The van der Waals surface area contributed by atoms with E-state index in [-0.39, 0.29) is 5.91 Å². The molecule has 100 valence electrons. The number of hydrogen-bond donors (Lipinski definition) is 1. The average molecular weight is 257 g/mol. The predicted molar refractivity (Wildman–Crippen MR) is 77.8 cm³/mol. The maximum absolute atomic E-state index is 11.5. The molecule has 0 bridgehead atoms. The Morgan fingerprint density at radius 3 is 2.74 bits per heavy atom. The van der Waals surface area contributed by atoms with Crippen molar-refractivity contribution < 1.29 is 4.79 Å². The van der Waals surface area contributed by atoms with Gasteiger partial charge in [-0.1, -0.05) is 36.4 Å². The number of benzene rings is 1. The molecule has 0 saturated carbocycles. The maximum Gasteiger partial charge on any atom is 0.254 e. The molecule has 1 aliphatic heterocycles. The summed E-state index contributed by atoms with van der Waals surface area (Å²) in [5, 5.41) is 3.89. The molecule has 4 nitrogen and oxygen atoms in total. The fourth-order valence-electron chi connectivity index (χ4n) is 2.05.